The Labute approximate surface area is 177 Å². The molecule has 0 aromatic heterocycles. The molecule has 0 radical (unpaired) electrons. The number of nitrogens with zero attached hydrogens (tertiary/aromatic N) is 1. The van der Waals surface area contributed by atoms with Gasteiger partial charge in [0, 0.05) is 25.9 Å². The van der Waals surface area contributed by atoms with E-state index in [9.17, 15) is 4.79 Å². The molecule has 1 aliphatic rings. The maximum Gasteiger partial charge on any atom is 0.260 e. The molecule has 5 heteroatoms. The Bertz CT molecular complexity index is 995. The van der Waals surface area contributed by atoms with Crippen LogP contribution in [0.1, 0.15) is 19.8 Å². The topological polar surface area (TPSA) is 48.0 Å². The standard InChI is InChI=1S/C25H27NO4/c1-2-28-23-9-5-6-10-24(23)30-21-13-15-26(16-14-21)25(27)18-29-22-12-11-19-7-3-4-8-20(19)17-22/h3-12,17,21H,2,13-16,18H2,1H3. The predicted molar refractivity (Wildman–Crippen MR) is 117 cm³/mol. The smallest absolute Gasteiger partial charge is 0.260 e. The first-order valence-corrected chi connectivity index (χ1v) is 10.5. The average molecular weight is 405 g/mol. The normalized spacial score (nSPS) is 14.5. The third-order valence-electron chi connectivity index (χ3n) is 5.32. The first-order valence-electron chi connectivity index (χ1n) is 10.5. The molecule has 0 N–H and O–H groups in total. The molecule has 1 aliphatic heterocycles. The summed E-state index contributed by atoms with van der Waals surface area (Å²) in [5, 5.41) is 2.26. The summed E-state index contributed by atoms with van der Waals surface area (Å²) in [4.78, 5) is 14.4. The van der Waals surface area contributed by atoms with Gasteiger partial charge in [0.2, 0.25) is 0 Å². The van der Waals surface area contributed by atoms with Gasteiger partial charge in [0.05, 0.1) is 6.61 Å². The molecule has 3 aromatic rings. The van der Waals surface area contributed by atoms with E-state index in [4.69, 9.17) is 14.2 Å². The molecule has 0 atom stereocenters. The third-order valence-corrected chi connectivity index (χ3v) is 5.32. The maximum absolute atomic E-state index is 12.6. The van der Waals surface area contributed by atoms with Crippen molar-refractivity contribution in [1.82, 2.24) is 4.90 Å². The Morgan fingerprint density at radius 3 is 2.37 bits per heavy atom. The fourth-order valence-electron chi connectivity index (χ4n) is 3.72. The van der Waals surface area contributed by atoms with Crippen LogP contribution >= 0.6 is 0 Å². The molecular weight excluding hydrogens is 378 g/mol. The van der Waals surface area contributed by atoms with Crippen LogP contribution in [0.2, 0.25) is 0 Å². The molecule has 1 heterocycles. The van der Waals surface area contributed by atoms with Crippen LogP contribution in [0.4, 0.5) is 0 Å². The van der Waals surface area contributed by atoms with E-state index in [0.29, 0.717) is 25.4 Å². The number of carbonyl (C=O) groups is 1. The van der Waals surface area contributed by atoms with Gasteiger partial charge in [0.1, 0.15) is 11.9 Å². The quantitative estimate of drug-likeness (QED) is 0.572. The van der Waals surface area contributed by atoms with Crippen molar-refractivity contribution in [1.29, 1.82) is 0 Å². The molecule has 5 nitrogen and oxygen atoms in total. The van der Waals surface area contributed by atoms with E-state index in [2.05, 4.69) is 6.07 Å². The van der Waals surface area contributed by atoms with E-state index < -0.39 is 0 Å². The molecule has 1 fully saturated rings. The zero-order chi connectivity index (χ0) is 20.8. The number of carbonyl (C=O) groups excluding carboxylic acids is 1. The lowest BCUT2D eigenvalue weighted by Gasteiger charge is -2.32. The lowest BCUT2D eigenvalue weighted by Crippen LogP contribution is -2.43. The van der Waals surface area contributed by atoms with Crippen LogP contribution in [-0.4, -0.2) is 43.2 Å². The second-order valence-corrected chi connectivity index (χ2v) is 7.38. The summed E-state index contributed by atoms with van der Waals surface area (Å²) in [6.07, 6.45) is 1.67. The number of amides is 1. The molecular formula is C25H27NO4. The Morgan fingerprint density at radius 1 is 0.900 bits per heavy atom. The molecule has 0 bridgehead atoms. The van der Waals surface area contributed by atoms with Gasteiger partial charge in [0.25, 0.3) is 5.91 Å². The summed E-state index contributed by atoms with van der Waals surface area (Å²) in [7, 11) is 0. The van der Waals surface area contributed by atoms with Gasteiger partial charge in [-0.1, -0.05) is 42.5 Å². The highest BCUT2D eigenvalue weighted by Gasteiger charge is 2.25. The number of para-hydroxylation sites is 2. The highest BCUT2D eigenvalue weighted by molar-refractivity contribution is 5.84. The van der Waals surface area contributed by atoms with Crippen LogP contribution in [0.15, 0.2) is 66.7 Å². The van der Waals surface area contributed by atoms with Crippen LogP contribution in [0.25, 0.3) is 10.8 Å². The van der Waals surface area contributed by atoms with Gasteiger partial charge >= 0.3 is 0 Å². The first kappa shape index (κ1) is 20.1. The monoisotopic (exact) mass is 405 g/mol. The number of benzene rings is 3. The van der Waals surface area contributed by atoms with Crippen LogP contribution < -0.4 is 14.2 Å². The largest absolute Gasteiger partial charge is 0.490 e. The number of hydrogen-bond donors (Lipinski definition) is 0. The highest BCUT2D eigenvalue weighted by atomic mass is 16.5. The summed E-state index contributed by atoms with van der Waals surface area (Å²) in [5.74, 6) is 2.26. The van der Waals surface area contributed by atoms with Crippen molar-refractivity contribution in [3.05, 3.63) is 66.7 Å². The fourth-order valence-corrected chi connectivity index (χ4v) is 3.72. The number of rotatable bonds is 7. The van der Waals surface area contributed by atoms with Crippen molar-refractivity contribution in [2.24, 2.45) is 0 Å². The Kier molecular flexibility index (Phi) is 6.38. The van der Waals surface area contributed by atoms with Crippen LogP contribution in [0.3, 0.4) is 0 Å². The SMILES string of the molecule is CCOc1ccccc1OC1CCN(C(=O)COc2ccc3ccccc3c2)CC1. The molecule has 0 spiro atoms. The summed E-state index contributed by atoms with van der Waals surface area (Å²) in [6.45, 7) is 3.95. The zero-order valence-electron chi connectivity index (χ0n) is 17.3. The number of hydrogen-bond acceptors (Lipinski definition) is 4. The van der Waals surface area contributed by atoms with Gasteiger partial charge < -0.3 is 19.1 Å². The van der Waals surface area contributed by atoms with E-state index in [0.717, 1.165) is 35.1 Å². The molecule has 0 saturated carbocycles. The lowest BCUT2D eigenvalue weighted by atomic mass is 10.1. The van der Waals surface area contributed by atoms with Crippen molar-refractivity contribution < 1.29 is 19.0 Å². The molecule has 1 saturated heterocycles. The third kappa shape index (κ3) is 4.85. The molecule has 0 aliphatic carbocycles. The van der Waals surface area contributed by atoms with E-state index in [1.54, 1.807) is 0 Å². The fraction of sp³-hybridized carbons (Fsp3) is 0.320. The minimum Gasteiger partial charge on any atom is -0.490 e. The maximum atomic E-state index is 12.6. The Hall–Kier alpha value is -3.21. The number of fused-ring (bicyclic) bond motifs is 1. The second-order valence-electron chi connectivity index (χ2n) is 7.38. The van der Waals surface area contributed by atoms with Crippen molar-refractivity contribution in [2.45, 2.75) is 25.9 Å². The van der Waals surface area contributed by atoms with E-state index >= 15 is 0 Å². The van der Waals surface area contributed by atoms with E-state index in [1.807, 2.05) is 72.5 Å². The number of piperidine rings is 1. The Morgan fingerprint density at radius 2 is 1.60 bits per heavy atom. The van der Waals surface area contributed by atoms with Crippen molar-refractivity contribution in [2.75, 3.05) is 26.3 Å². The van der Waals surface area contributed by atoms with Gasteiger partial charge in [-0.2, -0.15) is 0 Å². The van der Waals surface area contributed by atoms with Crippen LogP contribution in [0, 0.1) is 0 Å². The highest BCUT2D eigenvalue weighted by Crippen LogP contribution is 2.29. The van der Waals surface area contributed by atoms with Crippen molar-refractivity contribution >= 4 is 16.7 Å². The van der Waals surface area contributed by atoms with Gasteiger partial charge in [-0.25, -0.2) is 0 Å². The molecule has 156 valence electrons. The summed E-state index contributed by atoms with van der Waals surface area (Å²) in [6, 6.07) is 21.7. The predicted octanol–water partition coefficient (Wildman–Crippen LogP) is 4.69. The van der Waals surface area contributed by atoms with Gasteiger partial charge in [-0.15, -0.1) is 0 Å². The van der Waals surface area contributed by atoms with Crippen molar-refractivity contribution in [3.8, 4) is 17.2 Å². The average Bonchev–Trinajstić information content (AvgIpc) is 2.79. The van der Waals surface area contributed by atoms with Crippen LogP contribution in [-0.2, 0) is 4.79 Å². The van der Waals surface area contributed by atoms with Crippen molar-refractivity contribution in [3.63, 3.8) is 0 Å². The second kappa shape index (κ2) is 9.53. The zero-order valence-corrected chi connectivity index (χ0v) is 17.3. The Balaban J connectivity index is 1.27. The molecule has 1 amide bonds. The number of ether oxygens (including phenoxy) is 3. The molecule has 4 rings (SSSR count). The van der Waals surface area contributed by atoms with Gasteiger partial charge in [-0.05, 0) is 42.0 Å². The number of likely N-dealkylation sites (tertiary alicyclic amines) is 1. The summed E-state index contributed by atoms with van der Waals surface area (Å²) in [5.41, 5.74) is 0. The van der Waals surface area contributed by atoms with Gasteiger partial charge in [0.15, 0.2) is 18.1 Å². The summed E-state index contributed by atoms with van der Waals surface area (Å²) >= 11 is 0. The van der Waals surface area contributed by atoms with Gasteiger partial charge in [-0.3, -0.25) is 4.79 Å². The molecule has 0 unspecified atom stereocenters. The lowest BCUT2D eigenvalue weighted by molar-refractivity contribution is -0.135. The molecule has 3 aromatic carbocycles. The summed E-state index contributed by atoms with van der Waals surface area (Å²) < 4.78 is 17.5. The minimum atomic E-state index is 0.0105. The minimum absolute atomic E-state index is 0.0105. The molecule has 30 heavy (non-hydrogen) atoms. The van der Waals surface area contributed by atoms with E-state index in [1.165, 1.54) is 0 Å². The van der Waals surface area contributed by atoms with E-state index in [-0.39, 0.29) is 18.6 Å². The first-order chi connectivity index (χ1) is 14.7. The van der Waals surface area contributed by atoms with Crippen LogP contribution in [0.5, 0.6) is 17.2 Å².